The number of hydrogen-bond acceptors (Lipinski definition) is 6. The lowest BCUT2D eigenvalue weighted by atomic mass is 10.0. The van der Waals surface area contributed by atoms with E-state index in [0.29, 0.717) is 30.5 Å². The Morgan fingerprint density at radius 3 is 2.90 bits per heavy atom. The second-order valence-electron chi connectivity index (χ2n) is 8.71. The van der Waals surface area contributed by atoms with E-state index < -0.39 is 0 Å². The predicted octanol–water partition coefficient (Wildman–Crippen LogP) is 3.88. The first kappa shape index (κ1) is 20.2. The van der Waals surface area contributed by atoms with E-state index in [1.807, 2.05) is 20.8 Å². The van der Waals surface area contributed by atoms with Gasteiger partial charge >= 0.3 is 0 Å². The zero-order valence-electron chi connectivity index (χ0n) is 18.2. The Hall–Kier alpha value is -2.74. The minimum Gasteiger partial charge on any atom is -0.474 e. The molecule has 0 saturated heterocycles. The smallest absolute Gasteiger partial charge is 0.254 e. The van der Waals surface area contributed by atoms with E-state index in [2.05, 4.69) is 37.1 Å². The highest BCUT2D eigenvalue weighted by atomic mass is 19.1. The lowest BCUT2D eigenvalue weighted by Crippen LogP contribution is -2.27. The molecule has 1 aliphatic carbocycles. The largest absolute Gasteiger partial charge is 0.474 e. The summed E-state index contributed by atoms with van der Waals surface area (Å²) < 4.78 is 29.2. The molecule has 0 radical (unpaired) electrons. The maximum atomic E-state index is 15.0. The number of halogens is 1. The van der Waals surface area contributed by atoms with Gasteiger partial charge in [-0.1, -0.05) is 0 Å². The molecule has 1 aliphatic heterocycles. The molecule has 1 N–H and O–H groups in total. The topological polar surface area (TPSA) is 74.1 Å². The average molecular weight is 426 g/mol. The summed E-state index contributed by atoms with van der Waals surface area (Å²) in [5, 5.41) is 4.39. The van der Waals surface area contributed by atoms with Gasteiger partial charge in [0.2, 0.25) is 5.88 Å². The number of nitrogens with zero attached hydrogens (tertiary/aromatic N) is 4. The summed E-state index contributed by atoms with van der Waals surface area (Å²) in [4.78, 5) is 13.2. The van der Waals surface area contributed by atoms with Crippen molar-refractivity contribution in [3.8, 4) is 11.8 Å². The molecule has 4 heterocycles. The number of nitrogens with one attached hydrogen (secondary N) is 1. The monoisotopic (exact) mass is 425 g/mol. The van der Waals surface area contributed by atoms with E-state index >= 15 is 0 Å². The van der Waals surface area contributed by atoms with Gasteiger partial charge in [0, 0.05) is 41.7 Å². The van der Waals surface area contributed by atoms with Crippen molar-refractivity contribution in [2.45, 2.75) is 71.2 Å². The third-order valence-electron chi connectivity index (χ3n) is 6.22. The van der Waals surface area contributed by atoms with Crippen LogP contribution in [0, 0.1) is 12.7 Å². The van der Waals surface area contributed by atoms with Crippen LogP contribution in [-0.4, -0.2) is 38.3 Å². The Morgan fingerprint density at radius 2 is 2.06 bits per heavy atom. The van der Waals surface area contributed by atoms with Crippen molar-refractivity contribution in [3.05, 3.63) is 41.2 Å². The van der Waals surface area contributed by atoms with Gasteiger partial charge in [-0.25, -0.2) is 14.4 Å². The summed E-state index contributed by atoms with van der Waals surface area (Å²) in [6.07, 6.45) is 6.94. The van der Waals surface area contributed by atoms with E-state index in [-0.39, 0.29) is 23.9 Å². The molecule has 0 bridgehead atoms. The van der Waals surface area contributed by atoms with Gasteiger partial charge in [-0.2, -0.15) is 4.98 Å². The molecule has 0 spiro atoms. The molecule has 8 heteroatoms. The molecule has 1 saturated carbocycles. The molecule has 164 valence electrons. The molecule has 31 heavy (non-hydrogen) atoms. The van der Waals surface area contributed by atoms with E-state index in [1.165, 1.54) is 0 Å². The molecular weight excluding hydrogens is 397 g/mol. The molecule has 3 aromatic rings. The summed E-state index contributed by atoms with van der Waals surface area (Å²) in [5.41, 5.74) is 3.43. The Morgan fingerprint density at radius 1 is 1.19 bits per heavy atom. The SMILES string of the molecule is Cc1ncnc2c1ccn2C1CCC(Oc2nc(OC(C)C)c(F)c3c2CNCC3)C1. The lowest BCUT2D eigenvalue weighted by Gasteiger charge is -2.24. The van der Waals surface area contributed by atoms with Gasteiger partial charge in [0.15, 0.2) is 5.82 Å². The summed E-state index contributed by atoms with van der Waals surface area (Å²) in [7, 11) is 0. The highest BCUT2D eigenvalue weighted by Gasteiger charge is 2.31. The first-order chi connectivity index (χ1) is 15.0. The highest BCUT2D eigenvalue weighted by molar-refractivity contribution is 5.78. The quantitative estimate of drug-likeness (QED) is 0.669. The summed E-state index contributed by atoms with van der Waals surface area (Å²) in [6.45, 7) is 7.05. The van der Waals surface area contributed by atoms with E-state index in [9.17, 15) is 4.39 Å². The van der Waals surface area contributed by atoms with Gasteiger partial charge in [-0.15, -0.1) is 0 Å². The van der Waals surface area contributed by atoms with Gasteiger partial charge < -0.3 is 19.4 Å². The molecular formula is C23H28FN5O2. The fourth-order valence-electron chi connectivity index (χ4n) is 4.69. The zero-order valence-corrected chi connectivity index (χ0v) is 18.2. The first-order valence-corrected chi connectivity index (χ1v) is 11.0. The number of aryl methyl sites for hydroxylation is 1. The Bertz CT molecular complexity index is 1110. The number of aromatic nitrogens is 4. The predicted molar refractivity (Wildman–Crippen MR) is 115 cm³/mol. The molecule has 2 atom stereocenters. The molecule has 5 rings (SSSR count). The van der Waals surface area contributed by atoms with Gasteiger partial charge in [0.05, 0.1) is 11.8 Å². The minimum absolute atomic E-state index is 0.0151. The Balaban J connectivity index is 1.40. The van der Waals surface area contributed by atoms with Crippen LogP contribution in [0.3, 0.4) is 0 Å². The maximum absolute atomic E-state index is 15.0. The Labute approximate surface area is 181 Å². The lowest BCUT2D eigenvalue weighted by molar-refractivity contribution is 0.180. The van der Waals surface area contributed by atoms with E-state index in [1.54, 1.807) is 6.33 Å². The van der Waals surface area contributed by atoms with Crippen LogP contribution in [0.4, 0.5) is 4.39 Å². The summed E-state index contributed by atoms with van der Waals surface area (Å²) >= 11 is 0. The van der Waals surface area contributed by atoms with Crippen molar-refractivity contribution in [1.29, 1.82) is 0 Å². The fraction of sp³-hybridized carbons (Fsp3) is 0.522. The normalized spacial score (nSPS) is 20.9. The van der Waals surface area contributed by atoms with Crippen molar-refractivity contribution in [2.24, 2.45) is 0 Å². The number of hydrogen-bond donors (Lipinski definition) is 1. The number of ether oxygens (including phenoxy) is 2. The minimum atomic E-state index is -0.351. The van der Waals surface area contributed by atoms with E-state index in [4.69, 9.17) is 9.47 Å². The van der Waals surface area contributed by atoms with Crippen LogP contribution in [0.1, 0.15) is 56.0 Å². The van der Waals surface area contributed by atoms with Gasteiger partial charge in [0.25, 0.3) is 5.88 Å². The van der Waals surface area contributed by atoms with Gasteiger partial charge in [0.1, 0.15) is 18.1 Å². The van der Waals surface area contributed by atoms with Crippen LogP contribution < -0.4 is 14.8 Å². The third-order valence-corrected chi connectivity index (χ3v) is 6.22. The first-order valence-electron chi connectivity index (χ1n) is 11.0. The number of fused-ring (bicyclic) bond motifs is 2. The van der Waals surface area contributed by atoms with Crippen LogP contribution in [0.2, 0.25) is 0 Å². The standard InChI is InChI=1S/C23H28FN5O2/c1-13(2)30-23-20(24)18-6-8-25-11-19(18)22(28-23)31-16-5-4-15(10-16)29-9-7-17-14(3)26-12-27-21(17)29/h7,9,12-13,15-16,25H,4-6,8,10-11H2,1-3H3. The van der Waals surface area contributed by atoms with Crippen molar-refractivity contribution in [3.63, 3.8) is 0 Å². The molecule has 2 aliphatic rings. The molecule has 0 amide bonds. The van der Waals surface area contributed by atoms with Crippen LogP contribution in [-0.2, 0) is 13.0 Å². The Kier molecular flexibility index (Phi) is 5.25. The molecule has 1 fully saturated rings. The van der Waals surface area contributed by atoms with Crippen molar-refractivity contribution < 1.29 is 13.9 Å². The van der Waals surface area contributed by atoms with E-state index in [0.717, 1.165) is 48.1 Å². The highest BCUT2D eigenvalue weighted by Crippen LogP contribution is 2.38. The van der Waals surface area contributed by atoms with Crippen LogP contribution in [0.25, 0.3) is 11.0 Å². The zero-order chi connectivity index (χ0) is 21.5. The second kappa shape index (κ2) is 8.07. The summed E-state index contributed by atoms with van der Waals surface area (Å²) in [6, 6.07) is 2.38. The van der Waals surface area contributed by atoms with Gasteiger partial charge in [-0.05, 0) is 52.6 Å². The second-order valence-corrected chi connectivity index (χ2v) is 8.71. The van der Waals surface area contributed by atoms with Gasteiger partial charge in [-0.3, -0.25) is 0 Å². The van der Waals surface area contributed by atoms with Crippen LogP contribution in [0.15, 0.2) is 18.6 Å². The molecule has 7 nitrogen and oxygen atoms in total. The van der Waals surface area contributed by atoms with Crippen molar-refractivity contribution in [1.82, 2.24) is 24.8 Å². The molecule has 2 unspecified atom stereocenters. The number of rotatable bonds is 5. The van der Waals surface area contributed by atoms with Crippen molar-refractivity contribution in [2.75, 3.05) is 6.54 Å². The number of pyridine rings is 1. The average Bonchev–Trinajstić information content (AvgIpc) is 3.39. The van der Waals surface area contributed by atoms with Crippen LogP contribution >= 0.6 is 0 Å². The third kappa shape index (κ3) is 3.73. The summed E-state index contributed by atoms with van der Waals surface area (Å²) in [5.74, 6) is 0.194. The molecule has 3 aromatic heterocycles. The molecule has 0 aromatic carbocycles. The maximum Gasteiger partial charge on any atom is 0.254 e. The fourth-order valence-corrected chi connectivity index (χ4v) is 4.69. The van der Waals surface area contributed by atoms with Crippen molar-refractivity contribution >= 4 is 11.0 Å². The van der Waals surface area contributed by atoms with Crippen LogP contribution in [0.5, 0.6) is 11.8 Å².